The molecule has 0 spiro atoms. The van der Waals surface area contributed by atoms with Crippen molar-refractivity contribution in [2.24, 2.45) is 0 Å². The lowest BCUT2D eigenvalue weighted by Crippen LogP contribution is -2.14. The predicted octanol–water partition coefficient (Wildman–Crippen LogP) is 3.65. The Morgan fingerprint density at radius 2 is 2.00 bits per heavy atom. The van der Waals surface area contributed by atoms with Gasteiger partial charge in [-0.05, 0) is 25.5 Å². The molecule has 6 heteroatoms. The molecule has 0 bridgehead atoms. The number of nitrogen functional groups attached to an aromatic ring is 1. The van der Waals surface area contributed by atoms with Crippen molar-refractivity contribution in [2.75, 3.05) is 18.1 Å². The SMILES string of the molecule is CCOC(=O)c1c(SCC)nn(C2CCCCCC2)c1N. The molecule has 5 nitrogen and oxygen atoms in total. The first-order valence-electron chi connectivity index (χ1n) is 7.86. The van der Waals surface area contributed by atoms with Gasteiger partial charge in [-0.1, -0.05) is 32.6 Å². The topological polar surface area (TPSA) is 70.1 Å². The predicted molar refractivity (Wildman–Crippen MR) is 85.7 cm³/mol. The molecule has 118 valence electrons. The molecule has 1 aliphatic rings. The van der Waals surface area contributed by atoms with Crippen molar-refractivity contribution >= 4 is 23.5 Å². The molecule has 21 heavy (non-hydrogen) atoms. The lowest BCUT2D eigenvalue weighted by molar-refractivity contribution is 0.0523. The number of hydrogen-bond donors (Lipinski definition) is 1. The molecule has 1 aromatic rings. The first kappa shape index (κ1) is 16.2. The number of carbonyl (C=O) groups excluding carboxylic acids is 1. The first-order chi connectivity index (χ1) is 10.2. The van der Waals surface area contributed by atoms with E-state index >= 15 is 0 Å². The van der Waals surface area contributed by atoms with E-state index in [2.05, 4.69) is 5.10 Å². The van der Waals surface area contributed by atoms with Gasteiger partial charge < -0.3 is 10.5 Å². The summed E-state index contributed by atoms with van der Waals surface area (Å²) in [7, 11) is 0. The highest BCUT2D eigenvalue weighted by atomic mass is 32.2. The number of ether oxygens (including phenoxy) is 1. The summed E-state index contributed by atoms with van der Waals surface area (Å²) in [5.41, 5.74) is 6.69. The molecule has 1 fully saturated rings. The number of hydrogen-bond acceptors (Lipinski definition) is 5. The summed E-state index contributed by atoms with van der Waals surface area (Å²) < 4.78 is 7.01. The summed E-state index contributed by atoms with van der Waals surface area (Å²) in [6, 6.07) is 0.312. The minimum Gasteiger partial charge on any atom is -0.462 e. The molecular weight excluding hydrogens is 286 g/mol. The summed E-state index contributed by atoms with van der Waals surface area (Å²) in [6.07, 6.45) is 7.14. The minimum absolute atomic E-state index is 0.312. The molecule has 1 saturated carbocycles. The summed E-state index contributed by atoms with van der Waals surface area (Å²) in [4.78, 5) is 12.2. The van der Waals surface area contributed by atoms with E-state index in [0.29, 0.717) is 29.1 Å². The summed E-state index contributed by atoms with van der Waals surface area (Å²) in [6.45, 7) is 4.19. The van der Waals surface area contributed by atoms with E-state index in [9.17, 15) is 4.79 Å². The molecule has 1 aromatic heterocycles. The van der Waals surface area contributed by atoms with Crippen LogP contribution in [0.5, 0.6) is 0 Å². The number of anilines is 1. The third-order valence-electron chi connectivity index (χ3n) is 3.85. The van der Waals surface area contributed by atoms with Crippen LogP contribution in [0.4, 0.5) is 5.82 Å². The molecule has 0 radical (unpaired) electrons. The molecule has 0 aliphatic heterocycles. The van der Waals surface area contributed by atoms with E-state index in [1.54, 1.807) is 18.7 Å². The number of thioether (sulfide) groups is 1. The van der Waals surface area contributed by atoms with Gasteiger partial charge in [0, 0.05) is 0 Å². The maximum atomic E-state index is 12.2. The van der Waals surface area contributed by atoms with Crippen molar-refractivity contribution in [2.45, 2.75) is 63.4 Å². The van der Waals surface area contributed by atoms with Gasteiger partial charge in [-0.2, -0.15) is 5.10 Å². The third-order valence-corrected chi connectivity index (χ3v) is 4.69. The molecular formula is C15H25N3O2S. The van der Waals surface area contributed by atoms with Crippen molar-refractivity contribution < 1.29 is 9.53 Å². The van der Waals surface area contributed by atoms with Crippen LogP contribution in [0.1, 0.15) is 68.8 Å². The molecule has 0 atom stereocenters. The Bertz CT molecular complexity index is 480. The maximum Gasteiger partial charge on any atom is 0.344 e. The lowest BCUT2D eigenvalue weighted by atomic mass is 10.1. The van der Waals surface area contributed by atoms with E-state index in [4.69, 9.17) is 10.5 Å². The number of nitrogens with two attached hydrogens (primary N) is 1. The number of carbonyl (C=O) groups is 1. The van der Waals surface area contributed by atoms with Crippen molar-refractivity contribution in [3.8, 4) is 0 Å². The average molecular weight is 311 g/mol. The summed E-state index contributed by atoms with van der Waals surface area (Å²) >= 11 is 1.55. The van der Waals surface area contributed by atoms with E-state index < -0.39 is 0 Å². The second-order valence-corrected chi connectivity index (χ2v) is 6.56. The number of aromatic nitrogens is 2. The van der Waals surface area contributed by atoms with Gasteiger partial charge in [-0.25, -0.2) is 9.48 Å². The van der Waals surface area contributed by atoms with Gasteiger partial charge in [0.15, 0.2) is 0 Å². The molecule has 2 N–H and O–H groups in total. The molecule has 0 saturated heterocycles. The molecule has 1 heterocycles. The fourth-order valence-electron chi connectivity index (χ4n) is 2.84. The zero-order valence-corrected chi connectivity index (χ0v) is 13.7. The third kappa shape index (κ3) is 3.73. The number of esters is 1. The summed E-state index contributed by atoms with van der Waals surface area (Å²) in [5.74, 6) is 0.968. The standard InChI is InChI=1S/C15H25N3O2S/c1-3-20-15(19)12-13(16)18(17-14(12)21-4-2)11-9-7-5-6-8-10-11/h11H,3-10,16H2,1-2H3. The van der Waals surface area contributed by atoms with Crippen LogP contribution in [0.15, 0.2) is 5.03 Å². The van der Waals surface area contributed by atoms with Gasteiger partial charge in [0.1, 0.15) is 16.4 Å². The molecule has 0 amide bonds. The highest BCUT2D eigenvalue weighted by Gasteiger charge is 2.27. The minimum atomic E-state index is -0.356. The van der Waals surface area contributed by atoms with E-state index in [1.165, 1.54) is 25.7 Å². The van der Waals surface area contributed by atoms with Crippen molar-refractivity contribution in [3.63, 3.8) is 0 Å². The van der Waals surface area contributed by atoms with E-state index in [-0.39, 0.29) is 5.97 Å². The van der Waals surface area contributed by atoms with E-state index in [1.807, 2.05) is 11.6 Å². The Morgan fingerprint density at radius 3 is 2.57 bits per heavy atom. The van der Waals surface area contributed by atoms with Crippen LogP contribution < -0.4 is 5.73 Å². The average Bonchev–Trinajstić information content (AvgIpc) is 2.66. The van der Waals surface area contributed by atoms with Gasteiger partial charge in [0.05, 0.1) is 12.6 Å². The van der Waals surface area contributed by atoms with Gasteiger partial charge >= 0.3 is 5.97 Å². The lowest BCUT2D eigenvalue weighted by Gasteiger charge is -2.16. The van der Waals surface area contributed by atoms with Gasteiger partial charge in [-0.15, -0.1) is 11.8 Å². The van der Waals surface area contributed by atoms with Gasteiger partial charge in [0.25, 0.3) is 0 Å². The zero-order chi connectivity index (χ0) is 15.2. The zero-order valence-electron chi connectivity index (χ0n) is 12.9. The Hall–Kier alpha value is -1.17. The monoisotopic (exact) mass is 311 g/mol. The summed E-state index contributed by atoms with van der Waals surface area (Å²) in [5, 5.41) is 5.33. The molecule has 2 rings (SSSR count). The number of rotatable bonds is 5. The van der Waals surface area contributed by atoms with Crippen LogP contribution in [0.2, 0.25) is 0 Å². The maximum absolute atomic E-state index is 12.2. The fraction of sp³-hybridized carbons (Fsp3) is 0.733. The van der Waals surface area contributed by atoms with Crippen LogP contribution in [-0.2, 0) is 4.74 Å². The second-order valence-electron chi connectivity index (χ2n) is 5.31. The van der Waals surface area contributed by atoms with Crippen molar-refractivity contribution in [3.05, 3.63) is 5.56 Å². The van der Waals surface area contributed by atoms with Crippen LogP contribution in [0, 0.1) is 0 Å². The quantitative estimate of drug-likeness (QED) is 0.510. The Morgan fingerprint density at radius 1 is 1.33 bits per heavy atom. The number of nitrogens with zero attached hydrogens (tertiary/aromatic N) is 2. The molecule has 1 aliphatic carbocycles. The Labute approximate surface area is 130 Å². The smallest absolute Gasteiger partial charge is 0.344 e. The fourth-order valence-corrected chi connectivity index (χ4v) is 3.59. The highest BCUT2D eigenvalue weighted by molar-refractivity contribution is 7.99. The van der Waals surface area contributed by atoms with Crippen LogP contribution in [0.3, 0.4) is 0 Å². The normalized spacial score (nSPS) is 16.7. The van der Waals surface area contributed by atoms with E-state index in [0.717, 1.165) is 18.6 Å². The molecule has 0 unspecified atom stereocenters. The molecule has 0 aromatic carbocycles. The van der Waals surface area contributed by atoms with Crippen molar-refractivity contribution in [1.82, 2.24) is 9.78 Å². The van der Waals surface area contributed by atoms with Crippen LogP contribution in [-0.4, -0.2) is 28.1 Å². The Balaban J connectivity index is 2.33. The Kier molecular flexibility index (Phi) is 5.96. The second kappa shape index (κ2) is 7.73. The first-order valence-corrected chi connectivity index (χ1v) is 8.85. The van der Waals surface area contributed by atoms with Gasteiger partial charge in [-0.3, -0.25) is 0 Å². The largest absolute Gasteiger partial charge is 0.462 e. The van der Waals surface area contributed by atoms with Crippen LogP contribution >= 0.6 is 11.8 Å². The highest BCUT2D eigenvalue weighted by Crippen LogP contribution is 2.34. The van der Waals surface area contributed by atoms with Gasteiger partial charge in [0.2, 0.25) is 0 Å². The van der Waals surface area contributed by atoms with Crippen LogP contribution in [0.25, 0.3) is 0 Å². The van der Waals surface area contributed by atoms with Crippen molar-refractivity contribution in [1.29, 1.82) is 0 Å².